The van der Waals surface area contributed by atoms with Crippen LogP contribution in [-0.2, 0) is 16.1 Å². The van der Waals surface area contributed by atoms with Crippen LogP contribution in [0.3, 0.4) is 0 Å². The molecule has 6 nitrogen and oxygen atoms in total. The van der Waals surface area contributed by atoms with Crippen LogP contribution < -0.4 is 14.2 Å². The smallest absolute Gasteiger partial charge is 0.331 e. The van der Waals surface area contributed by atoms with E-state index in [0.717, 1.165) is 0 Å². The molecule has 154 valence electrons. The third-order valence-electron chi connectivity index (χ3n) is 4.00. The van der Waals surface area contributed by atoms with Gasteiger partial charge in [-0.3, -0.25) is 4.79 Å². The molecule has 0 saturated carbocycles. The van der Waals surface area contributed by atoms with Gasteiger partial charge in [-0.1, -0.05) is 11.6 Å². The molecule has 0 aliphatic rings. The number of ketones is 1. The van der Waals surface area contributed by atoms with Crippen molar-refractivity contribution in [2.45, 2.75) is 20.5 Å². The summed E-state index contributed by atoms with van der Waals surface area (Å²) in [5.74, 6) is 0.816. The number of hydrogen-bond acceptors (Lipinski definition) is 6. The number of ether oxygens (including phenoxy) is 4. The molecule has 0 fully saturated rings. The maximum atomic E-state index is 12.1. The van der Waals surface area contributed by atoms with Crippen LogP contribution in [0.25, 0.3) is 6.08 Å². The zero-order valence-corrected chi connectivity index (χ0v) is 17.5. The minimum atomic E-state index is -0.549. The number of benzene rings is 2. The van der Waals surface area contributed by atoms with Gasteiger partial charge in [-0.2, -0.15) is 0 Å². The molecule has 0 heterocycles. The molecule has 0 atom stereocenters. The normalized spacial score (nSPS) is 10.7. The summed E-state index contributed by atoms with van der Waals surface area (Å²) < 4.78 is 21.2. The maximum absolute atomic E-state index is 12.1. The second kappa shape index (κ2) is 10.5. The van der Waals surface area contributed by atoms with Gasteiger partial charge in [0.25, 0.3) is 0 Å². The average Bonchev–Trinajstić information content (AvgIpc) is 2.70. The number of carbonyl (C=O) groups is 2. The molecule has 0 aliphatic heterocycles. The molecule has 0 aliphatic carbocycles. The summed E-state index contributed by atoms with van der Waals surface area (Å²) in [6, 6.07) is 8.39. The van der Waals surface area contributed by atoms with Crippen LogP contribution in [0.1, 0.15) is 35.3 Å². The first-order valence-electron chi connectivity index (χ1n) is 8.92. The standard InChI is InChI=1S/C22H23ClO6/c1-5-28-19-8-7-16(14(2)24)12-17(19)13-29-21(25)9-6-15-10-18(23)22(27-4)20(11-15)26-3/h6-12H,5,13H2,1-4H3/b9-6+. The SMILES string of the molecule is CCOc1ccc(C(C)=O)cc1COC(=O)/C=C/c1cc(Cl)c(OC)c(OC)c1. The van der Waals surface area contributed by atoms with E-state index in [1.54, 1.807) is 36.4 Å². The molecular weight excluding hydrogens is 396 g/mol. The Morgan fingerprint density at radius 3 is 2.45 bits per heavy atom. The lowest BCUT2D eigenvalue weighted by molar-refractivity contribution is -0.138. The number of Topliss-reactive ketones (excluding diaryl/α,β-unsaturated/α-hetero) is 1. The van der Waals surface area contributed by atoms with Crippen LogP contribution in [0.4, 0.5) is 0 Å². The van der Waals surface area contributed by atoms with Gasteiger partial charge in [-0.05, 0) is 55.8 Å². The fraction of sp³-hybridized carbons (Fsp3) is 0.273. The van der Waals surface area contributed by atoms with Gasteiger partial charge in [0.2, 0.25) is 0 Å². The molecular formula is C22H23ClO6. The van der Waals surface area contributed by atoms with Crippen LogP contribution >= 0.6 is 11.6 Å². The number of halogens is 1. The minimum Gasteiger partial charge on any atom is -0.493 e. The second-order valence-corrected chi connectivity index (χ2v) is 6.40. The highest BCUT2D eigenvalue weighted by atomic mass is 35.5. The van der Waals surface area contributed by atoms with Gasteiger partial charge in [0.15, 0.2) is 17.3 Å². The van der Waals surface area contributed by atoms with Crippen molar-refractivity contribution in [1.29, 1.82) is 0 Å². The van der Waals surface area contributed by atoms with E-state index in [4.69, 9.17) is 30.5 Å². The molecule has 0 radical (unpaired) electrons. The lowest BCUT2D eigenvalue weighted by Crippen LogP contribution is -2.05. The summed E-state index contributed by atoms with van der Waals surface area (Å²) in [6.45, 7) is 3.76. The molecule has 2 aromatic carbocycles. The van der Waals surface area contributed by atoms with Crippen molar-refractivity contribution >= 4 is 29.4 Å². The van der Waals surface area contributed by atoms with Gasteiger partial charge in [-0.25, -0.2) is 4.79 Å². The summed E-state index contributed by atoms with van der Waals surface area (Å²) in [4.78, 5) is 23.7. The largest absolute Gasteiger partial charge is 0.493 e. The predicted octanol–water partition coefficient (Wildman–Crippen LogP) is 4.72. The van der Waals surface area contributed by atoms with Crippen LogP contribution in [0.5, 0.6) is 17.2 Å². The van der Waals surface area contributed by atoms with Crippen LogP contribution in [-0.4, -0.2) is 32.6 Å². The molecule has 0 spiro atoms. The number of rotatable bonds is 9. The molecule has 7 heteroatoms. The molecule has 2 rings (SSSR count). The molecule has 0 amide bonds. The fourth-order valence-electron chi connectivity index (χ4n) is 2.60. The van der Waals surface area contributed by atoms with Gasteiger partial charge in [0.1, 0.15) is 12.4 Å². The van der Waals surface area contributed by atoms with E-state index in [-0.39, 0.29) is 12.4 Å². The van der Waals surface area contributed by atoms with E-state index in [0.29, 0.717) is 45.6 Å². The summed E-state index contributed by atoms with van der Waals surface area (Å²) in [6.07, 6.45) is 2.85. The Morgan fingerprint density at radius 1 is 1.07 bits per heavy atom. The van der Waals surface area contributed by atoms with Crippen molar-refractivity contribution in [1.82, 2.24) is 0 Å². The quantitative estimate of drug-likeness (QED) is 0.333. The molecule has 0 N–H and O–H groups in total. The lowest BCUT2D eigenvalue weighted by atomic mass is 10.1. The van der Waals surface area contributed by atoms with Crippen molar-refractivity contribution in [2.24, 2.45) is 0 Å². The maximum Gasteiger partial charge on any atom is 0.331 e. The molecule has 0 aromatic heterocycles. The van der Waals surface area contributed by atoms with E-state index in [1.807, 2.05) is 6.92 Å². The Bertz CT molecular complexity index is 920. The Morgan fingerprint density at radius 2 is 1.83 bits per heavy atom. The van der Waals surface area contributed by atoms with Gasteiger partial charge in [0.05, 0.1) is 25.8 Å². The van der Waals surface area contributed by atoms with E-state index < -0.39 is 5.97 Å². The highest BCUT2D eigenvalue weighted by Gasteiger charge is 2.11. The summed E-state index contributed by atoms with van der Waals surface area (Å²) in [5, 5.41) is 0.363. The van der Waals surface area contributed by atoms with Crippen molar-refractivity contribution in [3.63, 3.8) is 0 Å². The highest BCUT2D eigenvalue weighted by molar-refractivity contribution is 6.32. The van der Waals surface area contributed by atoms with E-state index in [2.05, 4.69) is 0 Å². The van der Waals surface area contributed by atoms with Crippen LogP contribution in [0, 0.1) is 0 Å². The van der Waals surface area contributed by atoms with Gasteiger partial charge < -0.3 is 18.9 Å². The Hall–Kier alpha value is -2.99. The van der Waals surface area contributed by atoms with Crippen molar-refractivity contribution in [3.05, 3.63) is 58.1 Å². The van der Waals surface area contributed by atoms with Crippen molar-refractivity contribution in [2.75, 3.05) is 20.8 Å². The van der Waals surface area contributed by atoms with Crippen LogP contribution in [0.2, 0.25) is 5.02 Å². The summed E-state index contributed by atoms with van der Waals surface area (Å²) in [5.41, 5.74) is 1.80. The van der Waals surface area contributed by atoms with Crippen LogP contribution in [0.15, 0.2) is 36.4 Å². The highest BCUT2D eigenvalue weighted by Crippen LogP contribution is 2.36. The zero-order valence-electron chi connectivity index (χ0n) is 16.8. The topological polar surface area (TPSA) is 71.1 Å². The first-order valence-corrected chi connectivity index (χ1v) is 9.30. The van der Waals surface area contributed by atoms with E-state index >= 15 is 0 Å². The van der Waals surface area contributed by atoms with Crippen molar-refractivity contribution < 1.29 is 28.5 Å². The number of methoxy groups -OCH3 is 2. The van der Waals surface area contributed by atoms with Crippen molar-refractivity contribution in [3.8, 4) is 17.2 Å². The molecule has 29 heavy (non-hydrogen) atoms. The zero-order chi connectivity index (χ0) is 21.4. The number of hydrogen-bond donors (Lipinski definition) is 0. The lowest BCUT2D eigenvalue weighted by Gasteiger charge is -2.11. The summed E-state index contributed by atoms with van der Waals surface area (Å²) in [7, 11) is 3.00. The second-order valence-electron chi connectivity index (χ2n) is 5.99. The van der Waals surface area contributed by atoms with Gasteiger partial charge in [0, 0.05) is 17.2 Å². The van der Waals surface area contributed by atoms with E-state index in [1.165, 1.54) is 27.2 Å². The fourth-order valence-corrected chi connectivity index (χ4v) is 2.90. The number of carbonyl (C=O) groups excluding carboxylic acids is 2. The summed E-state index contributed by atoms with van der Waals surface area (Å²) >= 11 is 6.16. The Kier molecular flexibility index (Phi) is 8.09. The molecule has 0 saturated heterocycles. The Balaban J connectivity index is 2.11. The molecule has 2 aromatic rings. The predicted molar refractivity (Wildman–Crippen MR) is 111 cm³/mol. The third-order valence-corrected chi connectivity index (χ3v) is 4.29. The Labute approximate surface area is 175 Å². The monoisotopic (exact) mass is 418 g/mol. The molecule has 0 bridgehead atoms. The molecule has 0 unspecified atom stereocenters. The average molecular weight is 419 g/mol. The third kappa shape index (κ3) is 5.99. The van der Waals surface area contributed by atoms with Gasteiger partial charge in [-0.15, -0.1) is 0 Å². The number of esters is 1. The van der Waals surface area contributed by atoms with E-state index in [9.17, 15) is 9.59 Å². The first-order chi connectivity index (χ1) is 13.9. The van der Waals surface area contributed by atoms with Gasteiger partial charge >= 0.3 is 5.97 Å². The minimum absolute atomic E-state index is 0.0215. The first kappa shape index (κ1) is 22.3.